The van der Waals surface area contributed by atoms with Crippen LogP contribution in [-0.2, 0) is 0 Å². The Kier molecular flexibility index (Phi) is 4.38. The van der Waals surface area contributed by atoms with Crippen LogP contribution < -0.4 is 0 Å². The molecule has 0 heterocycles. The largest absolute Gasteiger partial charge is 0.508 e. The highest BCUT2D eigenvalue weighted by Crippen LogP contribution is 2.00. The van der Waals surface area contributed by atoms with Gasteiger partial charge < -0.3 is 5.11 Å². The van der Waals surface area contributed by atoms with Gasteiger partial charge in [-0.2, -0.15) is 0 Å². The van der Waals surface area contributed by atoms with Gasteiger partial charge in [0.25, 0.3) is 0 Å². The number of aliphatic hydroxyl groups is 1. The van der Waals surface area contributed by atoms with Crippen molar-refractivity contribution in [1.82, 2.24) is 0 Å². The summed E-state index contributed by atoms with van der Waals surface area (Å²) in [6.07, 6.45) is 6.02. The molecule has 0 spiro atoms. The van der Waals surface area contributed by atoms with Gasteiger partial charge in [0.05, 0.1) is 0 Å². The second-order valence-electron chi connectivity index (χ2n) is 2.06. The first kappa shape index (κ1) is 9.02. The van der Waals surface area contributed by atoms with E-state index in [9.17, 15) is 0 Å². The molecule has 0 saturated carbocycles. The fourth-order valence-electron chi connectivity index (χ4n) is 0.417. The third-order valence-corrected chi connectivity index (χ3v) is 1.24. The van der Waals surface area contributed by atoms with Gasteiger partial charge in [0.2, 0.25) is 0 Å². The van der Waals surface area contributed by atoms with Crippen molar-refractivity contribution in [1.29, 1.82) is 0 Å². The fourth-order valence-corrected chi connectivity index (χ4v) is 0.417. The van der Waals surface area contributed by atoms with Crippen molar-refractivity contribution < 1.29 is 5.11 Å². The van der Waals surface area contributed by atoms with Gasteiger partial charge in [-0.25, -0.2) is 0 Å². The van der Waals surface area contributed by atoms with E-state index < -0.39 is 0 Å². The van der Waals surface area contributed by atoms with E-state index in [-0.39, 0.29) is 5.76 Å². The molecule has 1 N–H and O–H groups in total. The molecule has 0 atom stereocenters. The van der Waals surface area contributed by atoms with Gasteiger partial charge in [-0.3, -0.25) is 0 Å². The van der Waals surface area contributed by atoms with Gasteiger partial charge in [0.1, 0.15) is 5.76 Å². The molecule has 1 nitrogen and oxygen atoms in total. The summed E-state index contributed by atoms with van der Waals surface area (Å²) >= 11 is 0. The van der Waals surface area contributed by atoms with Gasteiger partial charge in [0, 0.05) is 0 Å². The first-order valence-corrected chi connectivity index (χ1v) is 3.41. The molecule has 0 aromatic rings. The lowest BCUT2D eigenvalue weighted by molar-refractivity contribution is 0.431. The minimum absolute atomic E-state index is 0.287. The Labute approximate surface area is 62.4 Å². The molecule has 0 unspecified atom stereocenters. The molecule has 10 heavy (non-hydrogen) atoms. The molecule has 0 aromatic carbocycles. The van der Waals surface area contributed by atoms with Gasteiger partial charge >= 0.3 is 0 Å². The average molecular weight is 138 g/mol. The number of rotatable bonds is 3. The van der Waals surface area contributed by atoms with E-state index in [0.29, 0.717) is 0 Å². The first-order chi connectivity index (χ1) is 4.70. The maximum absolute atomic E-state index is 8.94. The van der Waals surface area contributed by atoms with E-state index in [0.717, 1.165) is 12.0 Å². The summed E-state index contributed by atoms with van der Waals surface area (Å²) < 4.78 is 0. The Bertz CT molecular complexity index is 164. The maximum Gasteiger partial charge on any atom is 0.111 e. The summed E-state index contributed by atoms with van der Waals surface area (Å²) in [5, 5.41) is 8.94. The Balaban J connectivity index is 3.88. The molecule has 0 aliphatic rings. The van der Waals surface area contributed by atoms with Crippen LogP contribution in [0.1, 0.15) is 20.3 Å². The van der Waals surface area contributed by atoms with Gasteiger partial charge in [0.15, 0.2) is 0 Å². The summed E-state index contributed by atoms with van der Waals surface area (Å²) in [5.74, 6) is 0.287. The molecule has 0 fully saturated rings. The average Bonchev–Trinajstić information content (AvgIpc) is 1.99. The molecule has 56 valence electrons. The number of allylic oxidation sites excluding steroid dienone is 4. The Morgan fingerprint density at radius 2 is 2.10 bits per heavy atom. The van der Waals surface area contributed by atoms with Crippen LogP contribution in [0.5, 0.6) is 0 Å². The van der Waals surface area contributed by atoms with E-state index >= 15 is 0 Å². The first-order valence-electron chi connectivity index (χ1n) is 3.41. The Hall–Kier alpha value is -0.980. The summed E-state index contributed by atoms with van der Waals surface area (Å²) in [7, 11) is 0. The highest BCUT2D eigenvalue weighted by molar-refractivity contribution is 5.21. The molecule has 0 radical (unpaired) electrons. The standard InChI is InChI=1S/C9H14O/c1-4-8(3)6-7-9(10)5-2/h5-7,10H,3-4H2,1-2H3/b7-6-,9-5+. The monoisotopic (exact) mass is 138 g/mol. The van der Waals surface area contributed by atoms with Crippen LogP contribution >= 0.6 is 0 Å². The normalized spacial score (nSPS) is 12.4. The molecule has 0 aliphatic heterocycles. The minimum atomic E-state index is 0.287. The summed E-state index contributed by atoms with van der Waals surface area (Å²) in [6, 6.07) is 0. The quantitative estimate of drug-likeness (QED) is 0.469. The van der Waals surface area contributed by atoms with Crippen LogP contribution in [0.15, 0.2) is 36.1 Å². The number of aliphatic hydroxyl groups excluding tert-OH is 1. The van der Waals surface area contributed by atoms with E-state index in [1.807, 2.05) is 13.0 Å². The Morgan fingerprint density at radius 1 is 1.50 bits per heavy atom. The molecule has 0 rings (SSSR count). The smallest absolute Gasteiger partial charge is 0.111 e. The van der Waals surface area contributed by atoms with Crippen LogP contribution in [0, 0.1) is 0 Å². The second-order valence-corrected chi connectivity index (χ2v) is 2.06. The van der Waals surface area contributed by atoms with Crippen molar-refractivity contribution in [2.45, 2.75) is 20.3 Å². The maximum atomic E-state index is 8.94. The van der Waals surface area contributed by atoms with Gasteiger partial charge in [-0.15, -0.1) is 0 Å². The second kappa shape index (κ2) is 4.86. The lowest BCUT2D eigenvalue weighted by atomic mass is 10.2. The fraction of sp³-hybridized carbons (Fsp3) is 0.333. The van der Waals surface area contributed by atoms with Crippen LogP contribution in [0.25, 0.3) is 0 Å². The highest BCUT2D eigenvalue weighted by Gasteiger charge is 1.82. The predicted molar refractivity (Wildman–Crippen MR) is 45.0 cm³/mol. The molecular formula is C9H14O. The summed E-state index contributed by atoms with van der Waals surface area (Å²) in [4.78, 5) is 0. The van der Waals surface area contributed by atoms with Crippen LogP contribution in [0.4, 0.5) is 0 Å². The molecule has 0 amide bonds. The van der Waals surface area contributed by atoms with Crippen LogP contribution in [0.3, 0.4) is 0 Å². The molecule has 0 aromatic heterocycles. The molecule has 1 heteroatoms. The Morgan fingerprint density at radius 3 is 2.50 bits per heavy atom. The number of hydrogen-bond acceptors (Lipinski definition) is 1. The van der Waals surface area contributed by atoms with Gasteiger partial charge in [-0.05, 0) is 25.5 Å². The van der Waals surface area contributed by atoms with Crippen LogP contribution in [-0.4, -0.2) is 5.11 Å². The lowest BCUT2D eigenvalue weighted by Crippen LogP contribution is -1.73. The van der Waals surface area contributed by atoms with Crippen molar-refractivity contribution >= 4 is 0 Å². The van der Waals surface area contributed by atoms with Crippen LogP contribution in [0.2, 0.25) is 0 Å². The zero-order valence-corrected chi connectivity index (χ0v) is 6.59. The van der Waals surface area contributed by atoms with Crippen molar-refractivity contribution in [2.75, 3.05) is 0 Å². The van der Waals surface area contributed by atoms with Crippen molar-refractivity contribution in [3.05, 3.63) is 36.1 Å². The molecule has 0 saturated heterocycles. The third kappa shape index (κ3) is 3.96. The van der Waals surface area contributed by atoms with E-state index in [2.05, 4.69) is 6.58 Å². The topological polar surface area (TPSA) is 20.2 Å². The van der Waals surface area contributed by atoms with E-state index in [1.165, 1.54) is 0 Å². The van der Waals surface area contributed by atoms with Crippen molar-refractivity contribution in [2.24, 2.45) is 0 Å². The summed E-state index contributed by atoms with van der Waals surface area (Å²) in [6.45, 7) is 7.57. The van der Waals surface area contributed by atoms with Gasteiger partial charge in [-0.1, -0.05) is 25.2 Å². The SMILES string of the molecule is C=C(/C=C\C(O)=C/C)CC. The predicted octanol–water partition coefficient (Wildman–Crippen LogP) is 2.97. The van der Waals surface area contributed by atoms with Crippen molar-refractivity contribution in [3.63, 3.8) is 0 Å². The summed E-state index contributed by atoms with van der Waals surface area (Å²) in [5.41, 5.74) is 1.02. The zero-order valence-electron chi connectivity index (χ0n) is 6.59. The molecule has 0 aliphatic carbocycles. The zero-order chi connectivity index (χ0) is 7.98. The molecule has 0 bridgehead atoms. The van der Waals surface area contributed by atoms with E-state index in [4.69, 9.17) is 5.11 Å². The lowest BCUT2D eigenvalue weighted by Gasteiger charge is -1.90. The minimum Gasteiger partial charge on any atom is -0.508 e. The number of hydrogen-bond donors (Lipinski definition) is 1. The highest BCUT2D eigenvalue weighted by atomic mass is 16.3. The third-order valence-electron chi connectivity index (χ3n) is 1.24. The van der Waals surface area contributed by atoms with E-state index in [1.54, 1.807) is 19.1 Å². The molecular weight excluding hydrogens is 124 g/mol. The van der Waals surface area contributed by atoms with Crippen molar-refractivity contribution in [3.8, 4) is 0 Å².